The van der Waals surface area contributed by atoms with Gasteiger partial charge < -0.3 is 4.74 Å². The molecule has 0 aliphatic carbocycles. The SMILES string of the molecule is CC1(C)OCC([SiH3])([SiH3])C(C)(C)C1(C)C. The van der Waals surface area contributed by atoms with Crippen LogP contribution in [0.3, 0.4) is 0 Å². The average molecular weight is 230 g/mol. The molecular weight excluding hydrogens is 204 g/mol. The number of hydrogen-bond donors (Lipinski definition) is 0. The first-order chi connectivity index (χ1) is 5.96. The number of ether oxygens (including phenoxy) is 1. The fourth-order valence-electron chi connectivity index (χ4n) is 2.32. The van der Waals surface area contributed by atoms with Gasteiger partial charge in [0.1, 0.15) is 0 Å². The van der Waals surface area contributed by atoms with Crippen molar-refractivity contribution in [3.63, 3.8) is 0 Å². The Morgan fingerprint density at radius 1 is 0.857 bits per heavy atom. The summed E-state index contributed by atoms with van der Waals surface area (Å²) in [6.45, 7) is 15.1. The summed E-state index contributed by atoms with van der Waals surface area (Å²) >= 11 is 0. The standard InChI is InChI=1S/C11H26OSi2/c1-8(2)9(3,4)11(13,14)7-12-10(8,5)6/h7H2,1-6,13-14H3. The van der Waals surface area contributed by atoms with Crippen LogP contribution in [0.4, 0.5) is 0 Å². The van der Waals surface area contributed by atoms with E-state index in [-0.39, 0.29) is 11.0 Å². The third-order valence-electron chi connectivity index (χ3n) is 5.55. The van der Waals surface area contributed by atoms with Crippen LogP contribution in [0.1, 0.15) is 41.5 Å². The Hall–Kier alpha value is 0.394. The Balaban J connectivity index is 3.20. The summed E-state index contributed by atoms with van der Waals surface area (Å²) in [7, 11) is 2.51. The van der Waals surface area contributed by atoms with Gasteiger partial charge >= 0.3 is 0 Å². The minimum atomic E-state index is 0.00875. The van der Waals surface area contributed by atoms with Gasteiger partial charge in [-0.2, -0.15) is 0 Å². The summed E-state index contributed by atoms with van der Waals surface area (Å²) in [6.07, 6.45) is 0. The molecule has 1 heterocycles. The van der Waals surface area contributed by atoms with Gasteiger partial charge in [0.15, 0.2) is 0 Å². The van der Waals surface area contributed by atoms with Crippen molar-refractivity contribution in [2.45, 2.75) is 51.8 Å². The van der Waals surface area contributed by atoms with E-state index in [1.165, 1.54) is 20.5 Å². The third-order valence-corrected chi connectivity index (χ3v) is 8.63. The molecule has 0 radical (unpaired) electrons. The van der Waals surface area contributed by atoms with Crippen LogP contribution in [0.25, 0.3) is 0 Å². The van der Waals surface area contributed by atoms with Crippen LogP contribution < -0.4 is 0 Å². The summed E-state index contributed by atoms with van der Waals surface area (Å²) in [5.74, 6) is 0. The van der Waals surface area contributed by atoms with Gasteiger partial charge in [-0.25, -0.2) is 0 Å². The van der Waals surface area contributed by atoms with Crippen molar-refractivity contribution in [3.8, 4) is 0 Å². The molecule has 1 rings (SSSR count). The molecule has 0 aromatic heterocycles. The van der Waals surface area contributed by atoms with Crippen molar-refractivity contribution in [1.82, 2.24) is 0 Å². The van der Waals surface area contributed by atoms with Gasteiger partial charge in [0.25, 0.3) is 0 Å². The zero-order valence-electron chi connectivity index (χ0n) is 11.1. The molecule has 1 aliphatic rings. The molecule has 3 heteroatoms. The molecule has 1 nitrogen and oxygen atoms in total. The largest absolute Gasteiger partial charge is 0.375 e. The maximum atomic E-state index is 6.10. The first-order valence-electron chi connectivity index (χ1n) is 5.60. The Labute approximate surface area is 94.8 Å². The van der Waals surface area contributed by atoms with Crippen molar-refractivity contribution in [1.29, 1.82) is 0 Å². The lowest BCUT2D eigenvalue weighted by molar-refractivity contribution is -0.199. The summed E-state index contributed by atoms with van der Waals surface area (Å²) < 4.78 is 6.62. The molecular formula is C11H26OSi2. The molecule has 0 spiro atoms. The predicted octanol–water partition coefficient (Wildman–Crippen LogP) is 0.695. The normalized spacial score (nSPS) is 39.9. The topological polar surface area (TPSA) is 9.23 Å². The average Bonchev–Trinajstić information content (AvgIpc) is 1.98. The Kier molecular flexibility index (Phi) is 2.63. The van der Waals surface area contributed by atoms with Crippen molar-refractivity contribution in [2.75, 3.05) is 6.61 Å². The van der Waals surface area contributed by atoms with E-state index in [9.17, 15) is 0 Å². The Morgan fingerprint density at radius 2 is 1.29 bits per heavy atom. The highest BCUT2D eigenvalue weighted by Crippen LogP contribution is 2.61. The van der Waals surface area contributed by atoms with Crippen molar-refractivity contribution < 1.29 is 4.74 Å². The highest BCUT2D eigenvalue weighted by atomic mass is 28.2. The molecule has 0 unspecified atom stereocenters. The minimum absolute atomic E-state index is 0.00875. The van der Waals surface area contributed by atoms with Crippen LogP contribution in [0.5, 0.6) is 0 Å². The fraction of sp³-hybridized carbons (Fsp3) is 1.00. The van der Waals surface area contributed by atoms with Gasteiger partial charge in [-0.1, -0.05) is 27.7 Å². The van der Waals surface area contributed by atoms with E-state index in [1.54, 1.807) is 0 Å². The second kappa shape index (κ2) is 2.95. The van der Waals surface area contributed by atoms with Crippen LogP contribution in [-0.4, -0.2) is 32.7 Å². The molecule has 0 bridgehead atoms. The van der Waals surface area contributed by atoms with Crippen LogP contribution in [-0.2, 0) is 4.74 Å². The Morgan fingerprint density at radius 3 is 1.64 bits per heavy atom. The lowest BCUT2D eigenvalue weighted by Crippen LogP contribution is -2.61. The highest BCUT2D eigenvalue weighted by Gasteiger charge is 2.58. The van der Waals surface area contributed by atoms with Gasteiger partial charge in [0.05, 0.1) is 5.60 Å². The molecule has 84 valence electrons. The van der Waals surface area contributed by atoms with Gasteiger partial charge in [0.2, 0.25) is 0 Å². The smallest absolute Gasteiger partial charge is 0.0682 e. The van der Waals surface area contributed by atoms with Crippen molar-refractivity contribution in [2.24, 2.45) is 10.8 Å². The summed E-state index contributed by atoms with van der Waals surface area (Å²) in [5.41, 5.74) is 0.663. The number of rotatable bonds is 0. The zero-order valence-corrected chi connectivity index (χ0v) is 15.1. The second-order valence-corrected chi connectivity index (χ2v) is 13.3. The van der Waals surface area contributed by atoms with E-state index < -0.39 is 0 Å². The molecule has 14 heavy (non-hydrogen) atoms. The first kappa shape index (κ1) is 12.5. The van der Waals surface area contributed by atoms with Gasteiger partial charge in [-0.3, -0.25) is 0 Å². The molecule has 0 saturated carbocycles. The summed E-state index contributed by atoms with van der Waals surface area (Å²) in [4.78, 5) is 0. The maximum absolute atomic E-state index is 6.10. The van der Waals surface area contributed by atoms with E-state index in [0.717, 1.165) is 6.61 Å². The Bertz CT molecular complexity index is 216. The van der Waals surface area contributed by atoms with Gasteiger partial charge in [-0.05, 0) is 29.3 Å². The van der Waals surface area contributed by atoms with Gasteiger partial charge in [-0.15, -0.1) is 0 Å². The minimum Gasteiger partial charge on any atom is -0.375 e. The molecule has 1 aliphatic heterocycles. The van der Waals surface area contributed by atoms with E-state index in [1.807, 2.05) is 0 Å². The summed E-state index contributed by atoms with van der Waals surface area (Å²) in [6, 6.07) is 0. The summed E-state index contributed by atoms with van der Waals surface area (Å²) in [5, 5.41) is 0. The highest BCUT2D eigenvalue weighted by molar-refractivity contribution is 6.40. The molecule has 0 atom stereocenters. The van der Waals surface area contributed by atoms with Crippen LogP contribution in [0.15, 0.2) is 0 Å². The van der Waals surface area contributed by atoms with E-state index >= 15 is 0 Å². The lowest BCUT2D eigenvalue weighted by atomic mass is 9.56. The van der Waals surface area contributed by atoms with E-state index in [4.69, 9.17) is 4.74 Å². The lowest BCUT2D eigenvalue weighted by Gasteiger charge is -2.63. The monoisotopic (exact) mass is 230 g/mol. The van der Waals surface area contributed by atoms with Crippen molar-refractivity contribution in [3.05, 3.63) is 0 Å². The van der Waals surface area contributed by atoms with Gasteiger partial charge in [0, 0.05) is 27.1 Å². The molecule has 0 aromatic rings. The molecule has 1 saturated heterocycles. The first-order valence-corrected chi connectivity index (χ1v) is 7.60. The quantitative estimate of drug-likeness (QED) is 0.557. The van der Waals surface area contributed by atoms with E-state index in [2.05, 4.69) is 41.5 Å². The second-order valence-electron chi connectivity index (χ2n) is 6.93. The molecule has 1 fully saturated rings. The molecule has 0 amide bonds. The van der Waals surface area contributed by atoms with Crippen molar-refractivity contribution >= 4 is 20.5 Å². The zero-order chi connectivity index (χ0) is 11.4. The van der Waals surface area contributed by atoms with Crippen LogP contribution in [0, 0.1) is 10.8 Å². The van der Waals surface area contributed by atoms with Crippen LogP contribution in [0.2, 0.25) is 4.66 Å². The third kappa shape index (κ3) is 1.36. The molecule has 0 aromatic carbocycles. The maximum Gasteiger partial charge on any atom is 0.0682 e. The predicted molar refractivity (Wildman–Crippen MR) is 70.2 cm³/mol. The van der Waals surface area contributed by atoms with E-state index in [0.29, 0.717) is 10.1 Å². The molecule has 0 N–H and O–H groups in total. The van der Waals surface area contributed by atoms with Crippen LogP contribution >= 0.6 is 0 Å². The number of hydrogen-bond acceptors (Lipinski definition) is 1. The fourth-order valence-corrected chi connectivity index (χ4v) is 3.86.